The number of hydrogen-bond acceptors (Lipinski definition) is 3. The van der Waals surface area contributed by atoms with Crippen LogP contribution in [0, 0.1) is 5.82 Å². The Kier molecular flexibility index (Phi) is 4.56. The van der Waals surface area contributed by atoms with Crippen LogP contribution in [0.5, 0.6) is 0 Å². The zero-order chi connectivity index (χ0) is 13.8. The van der Waals surface area contributed by atoms with E-state index in [-0.39, 0.29) is 5.69 Å². The molecule has 19 heavy (non-hydrogen) atoms. The largest absolute Gasteiger partial charge is 0.354 e. The first-order valence-corrected chi connectivity index (χ1v) is 6.59. The summed E-state index contributed by atoms with van der Waals surface area (Å²) in [5.41, 5.74) is 0.765. The van der Waals surface area contributed by atoms with Gasteiger partial charge < -0.3 is 5.32 Å². The van der Waals surface area contributed by atoms with Crippen molar-refractivity contribution in [1.82, 2.24) is 9.97 Å². The van der Waals surface area contributed by atoms with Crippen molar-refractivity contribution in [2.24, 2.45) is 0 Å². The molecule has 0 fully saturated rings. The van der Waals surface area contributed by atoms with Gasteiger partial charge in [-0.2, -0.15) is 0 Å². The molecule has 0 radical (unpaired) electrons. The number of halogens is 3. The van der Waals surface area contributed by atoms with Crippen molar-refractivity contribution < 1.29 is 4.39 Å². The summed E-state index contributed by atoms with van der Waals surface area (Å²) < 4.78 is 13.8. The molecule has 0 spiro atoms. The molecular weight excluding hydrogens is 288 g/mol. The second-order valence-corrected chi connectivity index (χ2v) is 4.76. The maximum absolute atomic E-state index is 13.8. The Balaban J connectivity index is 2.39. The molecule has 0 aliphatic rings. The van der Waals surface area contributed by atoms with Crippen LogP contribution in [0.25, 0.3) is 11.3 Å². The van der Waals surface area contributed by atoms with E-state index in [1.807, 2.05) is 6.92 Å². The Labute approximate surface area is 120 Å². The van der Waals surface area contributed by atoms with E-state index in [0.29, 0.717) is 21.6 Å². The van der Waals surface area contributed by atoms with E-state index in [2.05, 4.69) is 15.3 Å². The van der Waals surface area contributed by atoms with E-state index in [4.69, 9.17) is 23.2 Å². The summed E-state index contributed by atoms with van der Waals surface area (Å²) in [5, 5.41) is 3.79. The summed E-state index contributed by atoms with van der Waals surface area (Å²) in [6, 6.07) is 4.86. The molecule has 0 bridgehead atoms. The lowest BCUT2D eigenvalue weighted by Gasteiger charge is -2.07. The fourth-order valence-electron chi connectivity index (χ4n) is 1.53. The third-order valence-corrected chi connectivity index (χ3v) is 3.21. The fraction of sp³-hybridized carbons (Fsp3) is 0.231. The second kappa shape index (κ2) is 6.17. The lowest BCUT2D eigenvalue weighted by atomic mass is 10.1. The molecule has 0 saturated carbocycles. The van der Waals surface area contributed by atoms with Gasteiger partial charge in [-0.05, 0) is 18.6 Å². The van der Waals surface area contributed by atoms with Crippen LogP contribution in [0.1, 0.15) is 13.3 Å². The first-order valence-electron chi connectivity index (χ1n) is 5.83. The number of anilines is 1. The fourth-order valence-corrected chi connectivity index (χ4v) is 1.83. The minimum absolute atomic E-state index is 0.201. The summed E-state index contributed by atoms with van der Waals surface area (Å²) in [6.45, 7) is 2.75. The molecule has 1 aromatic heterocycles. The van der Waals surface area contributed by atoms with Gasteiger partial charge in [0.2, 0.25) is 5.95 Å². The van der Waals surface area contributed by atoms with Crippen molar-refractivity contribution in [2.75, 3.05) is 11.9 Å². The molecule has 2 rings (SSSR count). The van der Waals surface area contributed by atoms with Crippen molar-refractivity contribution in [3.63, 3.8) is 0 Å². The van der Waals surface area contributed by atoms with Crippen LogP contribution >= 0.6 is 23.2 Å². The number of benzene rings is 1. The summed E-state index contributed by atoms with van der Waals surface area (Å²) in [5.74, 6) is -0.107. The Morgan fingerprint density at radius 3 is 2.74 bits per heavy atom. The SMILES string of the molecule is CCCNc1ncc(F)c(-c2ccc(Cl)c(Cl)c2)n1. The van der Waals surface area contributed by atoms with Gasteiger partial charge in [-0.3, -0.25) is 0 Å². The molecule has 1 N–H and O–H groups in total. The molecule has 1 heterocycles. The summed E-state index contributed by atoms with van der Waals surface area (Å²) in [6.07, 6.45) is 2.08. The molecule has 0 aliphatic carbocycles. The van der Waals surface area contributed by atoms with E-state index in [1.54, 1.807) is 18.2 Å². The molecular formula is C13H12Cl2FN3. The monoisotopic (exact) mass is 299 g/mol. The van der Waals surface area contributed by atoms with Gasteiger partial charge in [0.05, 0.1) is 16.2 Å². The van der Waals surface area contributed by atoms with E-state index < -0.39 is 5.82 Å². The zero-order valence-electron chi connectivity index (χ0n) is 10.3. The number of rotatable bonds is 4. The highest BCUT2D eigenvalue weighted by atomic mass is 35.5. The molecule has 6 heteroatoms. The van der Waals surface area contributed by atoms with Crippen LogP contribution in [0.4, 0.5) is 10.3 Å². The van der Waals surface area contributed by atoms with Gasteiger partial charge in [0.25, 0.3) is 0 Å². The van der Waals surface area contributed by atoms with Gasteiger partial charge >= 0.3 is 0 Å². The molecule has 0 aliphatic heterocycles. The van der Waals surface area contributed by atoms with Crippen LogP contribution in [0.2, 0.25) is 10.0 Å². The quantitative estimate of drug-likeness (QED) is 0.908. The summed E-state index contributed by atoms with van der Waals surface area (Å²) in [7, 11) is 0. The first-order chi connectivity index (χ1) is 9.11. The Morgan fingerprint density at radius 2 is 2.05 bits per heavy atom. The highest BCUT2D eigenvalue weighted by Gasteiger charge is 2.10. The number of nitrogens with one attached hydrogen (secondary N) is 1. The van der Waals surface area contributed by atoms with Crippen molar-refractivity contribution >= 4 is 29.2 Å². The van der Waals surface area contributed by atoms with Gasteiger partial charge in [0.15, 0.2) is 5.82 Å². The second-order valence-electron chi connectivity index (χ2n) is 3.95. The van der Waals surface area contributed by atoms with E-state index in [1.165, 1.54) is 0 Å². The van der Waals surface area contributed by atoms with E-state index >= 15 is 0 Å². The highest BCUT2D eigenvalue weighted by molar-refractivity contribution is 6.42. The van der Waals surface area contributed by atoms with Gasteiger partial charge in [-0.1, -0.05) is 36.2 Å². The summed E-state index contributed by atoms with van der Waals surface area (Å²) in [4.78, 5) is 8.04. The van der Waals surface area contributed by atoms with E-state index in [9.17, 15) is 4.39 Å². The van der Waals surface area contributed by atoms with Gasteiger partial charge in [0.1, 0.15) is 5.69 Å². The zero-order valence-corrected chi connectivity index (χ0v) is 11.8. The lowest BCUT2D eigenvalue weighted by Crippen LogP contribution is -2.05. The number of aromatic nitrogens is 2. The van der Waals surface area contributed by atoms with Crippen LogP contribution in [0.3, 0.4) is 0 Å². The molecule has 0 unspecified atom stereocenters. The van der Waals surface area contributed by atoms with Gasteiger partial charge in [0, 0.05) is 12.1 Å². The van der Waals surface area contributed by atoms with Gasteiger partial charge in [-0.15, -0.1) is 0 Å². The molecule has 0 saturated heterocycles. The lowest BCUT2D eigenvalue weighted by molar-refractivity contribution is 0.618. The molecule has 2 aromatic rings. The van der Waals surface area contributed by atoms with Crippen molar-refractivity contribution in [2.45, 2.75) is 13.3 Å². The Bertz CT molecular complexity index is 590. The maximum Gasteiger partial charge on any atom is 0.223 e. The first kappa shape index (κ1) is 14.0. The average Bonchev–Trinajstić information content (AvgIpc) is 2.41. The predicted octanol–water partition coefficient (Wildman–Crippen LogP) is 4.41. The van der Waals surface area contributed by atoms with Crippen LogP contribution in [0.15, 0.2) is 24.4 Å². The molecule has 100 valence electrons. The third-order valence-electron chi connectivity index (χ3n) is 2.47. The smallest absolute Gasteiger partial charge is 0.223 e. The third kappa shape index (κ3) is 3.33. The van der Waals surface area contributed by atoms with Crippen LogP contribution < -0.4 is 5.32 Å². The number of hydrogen-bond donors (Lipinski definition) is 1. The minimum atomic E-state index is -0.500. The average molecular weight is 300 g/mol. The van der Waals surface area contributed by atoms with Crippen molar-refractivity contribution in [3.05, 3.63) is 40.3 Å². The molecule has 1 aromatic carbocycles. The topological polar surface area (TPSA) is 37.8 Å². The highest BCUT2D eigenvalue weighted by Crippen LogP contribution is 2.29. The number of nitrogens with zero attached hydrogens (tertiary/aromatic N) is 2. The Hall–Kier alpha value is -1.39. The predicted molar refractivity (Wildman–Crippen MR) is 76.2 cm³/mol. The Morgan fingerprint density at radius 1 is 1.26 bits per heavy atom. The normalized spacial score (nSPS) is 10.5. The maximum atomic E-state index is 13.8. The molecule has 0 amide bonds. The molecule has 0 atom stereocenters. The van der Waals surface area contributed by atoms with E-state index in [0.717, 1.165) is 19.2 Å². The minimum Gasteiger partial charge on any atom is -0.354 e. The van der Waals surface area contributed by atoms with Crippen molar-refractivity contribution in [1.29, 1.82) is 0 Å². The van der Waals surface area contributed by atoms with Crippen LogP contribution in [-0.2, 0) is 0 Å². The standard InChI is InChI=1S/C13H12Cl2FN3/c1-2-5-17-13-18-7-11(16)12(19-13)8-3-4-9(14)10(15)6-8/h3-4,6-7H,2,5H2,1H3,(H,17,18,19). The van der Waals surface area contributed by atoms with Crippen LogP contribution in [-0.4, -0.2) is 16.5 Å². The van der Waals surface area contributed by atoms with Crippen molar-refractivity contribution in [3.8, 4) is 11.3 Å². The molecule has 3 nitrogen and oxygen atoms in total. The summed E-state index contributed by atoms with van der Waals surface area (Å²) >= 11 is 11.8. The van der Waals surface area contributed by atoms with Gasteiger partial charge in [-0.25, -0.2) is 14.4 Å².